The van der Waals surface area contributed by atoms with Gasteiger partial charge in [0.25, 0.3) is 0 Å². The number of benzene rings is 2. The summed E-state index contributed by atoms with van der Waals surface area (Å²) in [5.74, 6) is 1.37. The van der Waals surface area contributed by atoms with Crippen molar-refractivity contribution in [1.29, 1.82) is 0 Å². The normalized spacial score (nSPS) is 12.1. The van der Waals surface area contributed by atoms with Crippen LogP contribution in [0.25, 0.3) is 0 Å². The van der Waals surface area contributed by atoms with Crippen molar-refractivity contribution in [2.75, 3.05) is 14.2 Å². The highest BCUT2D eigenvalue weighted by Gasteiger charge is 2.19. The van der Waals surface area contributed by atoms with Crippen LogP contribution in [-0.4, -0.2) is 14.2 Å². The molecule has 0 amide bonds. The SMILES string of the molecule is COc1cc(Br)c(C(Br)c2ccc(C)cc2Cl)cc1OC. The molecule has 2 aromatic carbocycles. The molecule has 112 valence electrons. The zero-order valence-corrected chi connectivity index (χ0v) is 15.8. The van der Waals surface area contributed by atoms with Crippen LogP contribution in [0.5, 0.6) is 11.5 Å². The van der Waals surface area contributed by atoms with Gasteiger partial charge in [-0.05, 0) is 41.8 Å². The van der Waals surface area contributed by atoms with Crippen LogP contribution < -0.4 is 9.47 Å². The van der Waals surface area contributed by atoms with Crippen molar-refractivity contribution >= 4 is 43.5 Å². The molecule has 0 saturated heterocycles. The average Bonchev–Trinajstić information content (AvgIpc) is 2.46. The van der Waals surface area contributed by atoms with E-state index in [-0.39, 0.29) is 4.83 Å². The van der Waals surface area contributed by atoms with Crippen molar-refractivity contribution in [3.63, 3.8) is 0 Å². The Bertz CT molecular complexity index is 659. The van der Waals surface area contributed by atoms with Gasteiger partial charge in [0, 0.05) is 9.50 Å². The number of rotatable bonds is 4. The molecule has 0 aliphatic heterocycles. The molecule has 0 fully saturated rings. The first-order valence-electron chi connectivity index (χ1n) is 6.29. The van der Waals surface area contributed by atoms with Crippen LogP contribution in [0.4, 0.5) is 0 Å². The summed E-state index contributed by atoms with van der Waals surface area (Å²) in [5, 5.41) is 0.735. The van der Waals surface area contributed by atoms with Crippen molar-refractivity contribution in [2.24, 2.45) is 0 Å². The summed E-state index contributed by atoms with van der Waals surface area (Å²) in [5.41, 5.74) is 3.17. The summed E-state index contributed by atoms with van der Waals surface area (Å²) < 4.78 is 11.6. The molecule has 0 saturated carbocycles. The van der Waals surface area contributed by atoms with Crippen LogP contribution in [0.1, 0.15) is 21.5 Å². The molecule has 0 radical (unpaired) electrons. The maximum absolute atomic E-state index is 6.36. The van der Waals surface area contributed by atoms with Gasteiger partial charge in [-0.2, -0.15) is 0 Å². The highest BCUT2D eigenvalue weighted by atomic mass is 79.9. The lowest BCUT2D eigenvalue weighted by molar-refractivity contribution is 0.354. The Labute approximate surface area is 146 Å². The minimum atomic E-state index is -0.0419. The van der Waals surface area contributed by atoms with Crippen LogP contribution in [0.15, 0.2) is 34.8 Å². The minimum absolute atomic E-state index is 0.0419. The molecule has 0 spiro atoms. The van der Waals surface area contributed by atoms with E-state index >= 15 is 0 Å². The zero-order valence-electron chi connectivity index (χ0n) is 11.9. The summed E-state index contributed by atoms with van der Waals surface area (Å²) >= 11 is 13.7. The standard InChI is InChI=1S/C16H15Br2ClO2/c1-9-4-5-10(13(19)6-9)16(18)11-7-14(20-2)15(21-3)8-12(11)17/h4-8,16H,1-3H3. The highest BCUT2D eigenvalue weighted by Crippen LogP contribution is 2.43. The fourth-order valence-corrected chi connectivity index (χ4v) is 4.18. The van der Waals surface area contributed by atoms with Gasteiger partial charge in [0.15, 0.2) is 11.5 Å². The number of hydrogen-bond donors (Lipinski definition) is 0. The van der Waals surface area contributed by atoms with E-state index in [2.05, 4.69) is 31.9 Å². The van der Waals surface area contributed by atoms with Crippen molar-refractivity contribution < 1.29 is 9.47 Å². The first-order valence-corrected chi connectivity index (χ1v) is 8.38. The largest absolute Gasteiger partial charge is 0.493 e. The third kappa shape index (κ3) is 3.55. The maximum atomic E-state index is 6.36. The molecule has 21 heavy (non-hydrogen) atoms. The highest BCUT2D eigenvalue weighted by molar-refractivity contribution is 9.11. The smallest absolute Gasteiger partial charge is 0.161 e. The molecule has 5 heteroatoms. The Kier molecular flexibility index (Phi) is 5.58. The first-order chi connectivity index (χ1) is 9.97. The summed E-state index contributed by atoms with van der Waals surface area (Å²) in [7, 11) is 3.24. The molecule has 0 bridgehead atoms. The second-order valence-corrected chi connectivity index (χ2v) is 6.79. The fraction of sp³-hybridized carbons (Fsp3) is 0.250. The first kappa shape index (κ1) is 16.7. The number of aryl methyl sites for hydroxylation is 1. The van der Waals surface area contributed by atoms with Crippen LogP contribution >= 0.6 is 43.5 Å². The fourth-order valence-electron chi connectivity index (χ4n) is 2.07. The molecular weight excluding hydrogens is 419 g/mol. The van der Waals surface area contributed by atoms with Gasteiger partial charge in [-0.25, -0.2) is 0 Å². The van der Waals surface area contributed by atoms with Crippen LogP contribution in [0, 0.1) is 6.92 Å². The third-order valence-electron chi connectivity index (χ3n) is 3.20. The van der Waals surface area contributed by atoms with E-state index < -0.39 is 0 Å². The van der Waals surface area contributed by atoms with E-state index in [0.717, 1.165) is 26.2 Å². The molecular formula is C16H15Br2ClO2. The van der Waals surface area contributed by atoms with Gasteiger partial charge in [-0.15, -0.1) is 0 Å². The number of methoxy groups -OCH3 is 2. The van der Waals surface area contributed by atoms with E-state index in [9.17, 15) is 0 Å². The van der Waals surface area contributed by atoms with Gasteiger partial charge in [-0.1, -0.05) is 55.6 Å². The Morgan fingerprint density at radius 3 is 2.19 bits per heavy atom. The van der Waals surface area contributed by atoms with Gasteiger partial charge in [0.05, 0.1) is 19.0 Å². The quantitative estimate of drug-likeness (QED) is 0.557. The molecule has 0 aliphatic carbocycles. The second-order valence-electron chi connectivity index (χ2n) is 4.62. The molecule has 0 N–H and O–H groups in total. The Balaban J connectivity index is 2.50. The predicted octanol–water partition coefficient (Wildman–Crippen LogP) is 5.91. The monoisotopic (exact) mass is 432 g/mol. The lowest BCUT2D eigenvalue weighted by Gasteiger charge is -2.17. The van der Waals surface area contributed by atoms with Crippen molar-refractivity contribution in [3.05, 3.63) is 56.5 Å². The minimum Gasteiger partial charge on any atom is -0.493 e. The molecule has 0 aromatic heterocycles. The van der Waals surface area contributed by atoms with Crippen molar-refractivity contribution in [3.8, 4) is 11.5 Å². The molecule has 0 aliphatic rings. The molecule has 2 nitrogen and oxygen atoms in total. The maximum Gasteiger partial charge on any atom is 0.161 e. The number of ether oxygens (including phenoxy) is 2. The van der Waals surface area contributed by atoms with Crippen molar-refractivity contribution in [1.82, 2.24) is 0 Å². The topological polar surface area (TPSA) is 18.5 Å². The van der Waals surface area contributed by atoms with E-state index in [1.165, 1.54) is 0 Å². The van der Waals surface area contributed by atoms with Crippen LogP contribution in [-0.2, 0) is 0 Å². The lowest BCUT2D eigenvalue weighted by atomic mass is 10.0. The molecule has 0 heterocycles. The Hall–Kier alpha value is -0.710. The van der Waals surface area contributed by atoms with E-state index in [0.29, 0.717) is 11.5 Å². The molecule has 1 unspecified atom stereocenters. The van der Waals surface area contributed by atoms with E-state index in [1.807, 2.05) is 37.3 Å². The number of alkyl halides is 1. The van der Waals surface area contributed by atoms with Gasteiger partial charge in [0.1, 0.15) is 0 Å². The predicted molar refractivity (Wildman–Crippen MR) is 94.2 cm³/mol. The molecule has 1 atom stereocenters. The molecule has 2 rings (SSSR count). The van der Waals surface area contributed by atoms with Crippen LogP contribution in [0.3, 0.4) is 0 Å². The number of hydrogen-bond acceptors (Lipinski definition) is 2. The van der Waals surface area contributed by atoms with Crippen molar-refractivity contribution in [2.45, 2.75) is 11.8 Å². The summed E-state index contributed by atoms with van der Waals surface area (Å²) in [6, 6.07) is 9.87. The Morgan fingerprint density at radius 2 is 1.62 bits per heavy atom. The summed E-state index contributed by atoms with van der Waals surface area (Å²) in [4.78, 5) is -0.0419. The second kappa shape index (κ2) is 7.03. The van der Waals surface area contributed by atoms with E-state index in [4.69, 9.17) is 21.1 Å². The Morgan fingerprint density at radius 1 is 1.00 bits per heavy atom. The zero-order chi connectivity index (χ0) is 15.6. The lowest BCUT2D eigenvalue weighted by Crippen LogP contribution is -1.98. The van der Waals surface area contributed by atoms with E-state index in [1.54, 1.807) is 14.2 Å². The van der Waals surface area contributed by atoms with Crippen LogP contribution in [0.2, 0.25) is 5.02 Å². The van der Waals surface area contributed by atoms with Gasteiger partial charge < -0.3 is 9.47 Å². The average molecular weight is 435 g/mol. The summed E-state index contributed by atoms with van der Waals surface area (Å²) in [6.45, 7) is 2.02. The van der Waals surface area contributed by atoms with Gasteiger partial charge in [0.2, 0.25) is 0 Å². The van der Waals surface area contributed by atoms with Gasteiger partial charge >= 0.3 is 0 Å². The summed E-state index contributed by atoms with van der Waals surface area (Å²) in [6.07, 6.45) is 0. The third-order valence-corrected chi connectivity index (χ3v) is 5.21. The van der Waals surface area contributed by atoms with Gasteiger partial charge in [-0.3, -0.25) is 0 Å². The number of halogens is 3. The molecule has 2 aromatic rings.